The summed E-state index contributed by atoms with van der Waals surface area (Å²) in [5.74, 6) is 0.601. The Bertz CT molecular complexity index is 1450. The second-order valence-electron chi connectivity index (χ2n) is 11.3. The van der Waals surface area contributed by atoms with Crippen LogP contribution in [0.15, 0.2) is 85.3 Å². The number of rotatable bonds is 8. The fraction of sp³-hybridized carbons (Fsp3) is 0.364. The van der Waals surface area contributed by atoms with E-state index in [4.69, 9.17) is 4.98 Å². The van der Waals surface area contributed by atoms with E-state index in [1.807, 2.05) is 19.2 Å². The van der Waals surface area contributed by atoms with Crippen molar-refractivity contribution in [2.75, 3.05) is 29.9 Å². The molecule has 0 bridgehead atoms. The Kier molecular flexibility index (Phi) is 8.11. The van der Waals surface area contributed by atoms with Gasteiger partial charge in [0.05, 0.1) is 11.3 Å². The average molecular weight is 573 g/mol. The third-order valence-electron chi connectivity index (χ3n) is 8.61. The van der Waals surface area contributed by atoms with Gasteiger partial charge >= 0.3 is 6.18 Å². The number of halogens is 3. The monoisotopic (exact) mass is 572 g/mol. The standard InChI is InChI=1S/C33H35F3N6/c1-40(28-14-18-37-19-15-28)27-12-6-24(7-13-27)22-42(30-17-21-41(23-30)29-4-2-3-5-29)32-38-20-16-31(39-32)25-8-10-26(11-9-25)33(34,35)36/h6-16,18-20,29-30H,2-5,17,21-23H2,1H3/t30-/m1/s1. The zero-order valence-corrected chi connectivity index (χ0v) is 23.7. The van der Waals surface area contributed by atoms with Gasteiger partial charge in [0, 0.05) is 74.3 Å². The van der Waals surface area contributed by atoms with Crippen LogP contribution in [-0.2, 0) is 12.7 Å². The van der Waals surface area contributed by atoms with Crippen LogP contribution in [0.3, 0.4) is 0 Å². The second kappa shape index (κ2) is 12.1. The first-order chi connectivity index (χ1) is 20.3. The highest BCUT2D eigenvalue weighted by Crippen LogP contribution is 2.33. The maximum absolute atomic E-state index is 13.1. The summed E-state index contributed by atoms with van der Waals surface area (Å²) in [5.41, 5.74) is 3.85. The molecule has 0 unspecified atom stereocenters. The Hall–Kier alpha value is -3.98. The molecule has 1 saturated carbocycles. The van der Waals surface area contributed by atoms with Crippen LogP contribution in [-0.4, -0.2) is 52.1 Å². The van der Waals surface area contributed by atoms with Crippen LogP contribution in [0, 0.1) is 0 Å². The number of hydrogen-bond acceptors (Lipinski definition) is 6. The Balaban J connectivity index is 1.26. The summed E-state index contributed by atoms with van der Waals surface area (Å²) in [7, 11) is 2.04. The molecule has 2 fully saturated rings. The summed E-state index contributed by atoms with van der Waals surface area (Å²) in [5, 5.41) is 0. The number of pyridine rings is 1. The molecule has 1 saturated heterocycles. The SMILES string of the molecule is CN(c1ccncc1)c1ccc(CN(c2nccc(-c3ccc(C(F)(F)F)cc3)n2)[C@@H]2CCN(C3CCCC3)C2)cc1. The van der Waals surface area contributed by atoms with E-state index >= 15 is 0 Å². The van der Waals surface area contributed by atoms with Crippen molar-refractivity contribution in [2.24, 2.45) is 0 Å². The lowest BCUT2D eigenvalue weighted by molar-refractivity contribution is -0.137. The van der Waals surface area contributed by atoms with E-state index < -0.39 is 11.7 Å². The molecule has 218 valence electrons. The third-order valence-corrected chi connectivity index (χ3v) is 8.61. The van der Waals surface area contributed by atoms with Gasteiger partial charge in [-0.05, 0) is 67.3 Å². The van der Waals surface area contributed by atoms with Crippen molar-refractivity contribution < 1.29 is 13.2 Å². The molecular weight excluding hydrogens is 537 g/mol. The van der Waals surface area contributed by atoms with Crippen LogP contribution in [0.1, 0.15) is 43.2 Å². The Morgan fingerprint density at radius 1 is 0.833 bits per heavy atom. The van der Waals surface area contributed by atoms with Crippen molar-refractivity contribution in [3.63, 3.8) is 0 Å². The molecule has 1 aliphatic heterocycles. The fourth-order valence-corrected chi connectivity index (χ4v) is 6.20. The highest BCUT2D eigenvalue weighted by atomic mass is 19.4. The minimum Gasteiger partial charge on any atom is -0.345 e. The smallest absolute Gasteiger partial charge is 0.345 e. The molecule has 0 amide bonds. The molecule has 2 aliphatic rings. The van der Waals surface area contributed by atoms with Crippen LogP contribution in [0.4, 0.5) is 30.5 Å². The van der Waals surface area contributed by atoms with Crippen LogP contribution in [0.5, 0.6) is 0 Å². The van der Waals surface area contributed by atoms with E-state index in [0.29, 0.717) is 29.8 Å². The predicted molar refractivity (Wildman–Crippen MR) is 160 cm³/mol. The molecule has 2 aromatic heterocycles. The summed E-state index contributed by atoms with van der Waals surface area (Å²) in [6.45, 7) is 2.65. The topological polar surface area (TPSA) is 48.4 Å². The van der Waals surface area contributed by atoms with Gasteiger partial charge in [-0.1, -0.05) is 37.1 Å². The summed E-state index contributed by atoms with van der Waals surface area (Å²) in [6.07, 6.45) is 7.05. The third kappa shape index (κ3) is 6.26. The Morgan fingerprint density at radius 3 is 2.21 bits per heavy atom. The van der Waals surface area contributed by atoms with Gasteiger partial charge in [-0.3, -0.25) is 9.88 Å². The molecule has 3 heterocycles. The van der Waals surface area contributed by atoms with Crippen molar-refractivity contribution in [3.05, 3.63) is 96.4 Å². The lowest BCUT2D eigenvalue weighted by Crippen LogP contribution is -2.40. The van der Waals surface area contributed by atoms with E-state index in [2.05, 4.69) is 48.9 Å². The number of benzene rings is 2. The first kappa shape index (κ1) is 28.2. The normalized spacial score (nSPS) is 18.0. The largest absolute Gasteiger partial charge is 0.416 e. The predicted octanol–water partition coefficient (Wildman–Crippen LogP) is 7.35. The molecule has 9 heteroatoms. The molecule has 6 rings (SSSR count). The number of alkyl halides is 3. The zero-order chi connectivity index (χ0) is 29.1. The summed E-state index contributed by atoms with van der Waals surface area (Å²) in [4.78, 5) is 20.7. The van der Waals surface area contributed by atoms with Gasteiger partial charge in [-0.2, -0.15) is 13.2 Å². The minimum atomic E-state index is -4.37. The first-order valence-electron chi connectivity index (χ1n) is 14.6. The van der Waals surface area contributed by atoms with Gasteiger partial charge in [0.1, 0.15) is 0 Å². The van der Waals surface area contributed by atoms with Gasteiger partial charge in [0.25, 0.3) is 0 Å². The molecule has 1 atom stereocenters. The summed E-state index contributed by atoms with van der Waals surface area (Å²) in [6, 6.07) is 20.3. The van der Waals surface area contributed by atoms with Crippen molar-refractivity contribution >= 4 is 17.3 Å². The highest BCUT2D eigenvalue weighted by Gasteiger charge is 2.34. The molecule has 0 N–H and O–H groups in total. The number of likely N-dealkylation sites (tertiary alicyclic amines) is 1. The lowest BCUT2D eigenvalue weighted by Gasteiger charge is -2.31. The number of hydrogen-bond donors (Lipinski definition) is 0. The second-order valence-corrected chi connectivity index (χ2v) is 11.3. The number of nitrogens with zero attached hydrogens (tertiary/aromatic N) is 6. The van der Waals surface area contributed by atoms with Crippen molar-refractivity contribution in [1.82, 2.24) is 19.9 Å². The van der Waals surface area contributed by atoms with Crippen molar-refractivity contribution in [1.29, 1.82) is 0 Å². The van der Waals surface area contributed by atoms with Gasteiger partial charge in [0.2, 0.25) is 5.95 Å². The van der Waals surface area contributed by atoms with E-state index in [9.17, 15) is 13.2 Å². The van der Waals surface area contributed by atoms with Crippen molar-refractivity contribution in [3.8, 4) is 11.3 Å². The molecule has 0 spiro atoms. The van der Waals surface area contributed by atoms with Gasteiger partial charge in [0.15, 0.2) is 0 Å². The zero-order valence-electron chi connectivity index (χ0n) is 23.7. The maximum Gasteiger partial charge on any atom is 0.416 e. The molecule has 6 nitrogen and oxygen atoms in total. The number of aromatic nitrogens is 3. The number of anilines is 3. The van der Waals surface area contributed by atoms with E-state index in [1.165, 1.54) is 37.8 Å². The van der Waals surface area contributed by atoms with Crippen LogP contribution in [0.2, 0.25) is 0 Å². The lowest BCUT2D eigenvalue weighted by atomic mass is 10.1. The first-order valence-corrected chi connectivity index (χ1v) is 14.6. The molecule has 42 heavy (non-hydrogen) atoms. The average Bonchev–Trinajstić information content (AvgIpc) is 3.73. The van der Waals surface area contributed by atoms with Crippen molar-refractivity contribution in [2.45, 2.75) is 56.9 Å². The highest BCUT2D eigenvalue weighted by molar-refractivity contribution is 5.63. The van der Waals surface area contributed by atoms with Gasteiger partial charge in [-0.25, -0.2) is 9.97 Å². The Morgan fingerprint density at radius 2 is 1.52 bits per heavy atom. The molecule has 4 aromatic rings. The minimum absolute atomic E-state index is 0.243. The molecule has 2 aromatic carbocycles. The quantitative estimate of drug-likeness (QED) is 0.220. The van der Waals surface area contributed by atoms with Gasteiger partial charge < -0.3 is 9.80 Å². The molecular formula is C33H35F3N6. The van der Waals surface area contributed by atoms with E-state index in [-0.39, 0.29) is 6.04 Å². The van der Waals surface area contributed by atoms with E-state index in [0.717, 1.165) is 48.6 Å². The maximum atomic E-state index is 13.1. The van der Waals surface area contributed by atoms with Crippen LogP contribution >= 0.6 is 0 Å². The Labute approximate surface area is 244 Å². The molecule has 0 radical (unpaired) electrons. The van der Waals surface area contributed by atoms with Crippen LogP contribution in [0.25, 0.3) is 11.3 Å². The van der Waals surface area contributed by atoms with Crippen LogP contribution < -0.4 is 9.80 Å². The summed E-state index contributed by atoms with van der Waals surface area (Å²) < 4.78 is 39.4. The van der Waals surface area contributed by atoms with Gasteiger partial charge in [-0.15, -0.1) is 0 Å². The fourth-order valence-electron chi connectivity index (χ4n) is 6.20. The summed E-state index contributed by atoms with van der Waals surface area (Å²) >= 11 is 0. The van der Waals surface area contributed by atoms with E-state index in [1.54, 1.807) is 24.7 Å². The molecule has 1 aliphatic carbocycles.